The van der Waals surface area contributed by atoms with Crippen molar-refractivity contribution < 1.29 is 38.5 Å². The second-order valence-corrected chi connectivity index (χ2v) is 17.4. The molecule has 0 saturated heterocycles. The second-order valence-electron chi connectivity index (χ2n) is 17.0. The van der Waals surface area contributed by atoms with Crippen molar-refractivity contribution in [3.8, 4) is 28.2 Å². The van der Waals surface area contributed by atoms with Crippen LogP contribution in [0.5, 0.6) is 5.75 Å². The number of aromatic hydroxyl groups is 1. The van der Waals surface area contributed by atoms with E-state index in [1.165, 1.54) is 30.3 Å². The molecule has 6 N–H and O–H groups in total. The molecule has 0 radical (unpaired) electrons. The predicted octanol–water partition coefficient (Wildman–Crippen LogP) is 7.71. The van der Waals surface area contributed by atoms with Gasteiger partial charge in [0.25, 0.3) is 0 Å². The van der Waals surface area contributed by atoms with Crippen molar-refractivity contribution in [1.29, 1.82) is 0 Å². The van der Waals surface area contributed by atoms with Gasteiger partial charge in [0.05, 0.1) is 23.2 Å². The van der Waals surface area contributed by atoms with E-state index in [4.69, 9.17) is 26.1 Å². The fraction of sp³-hybridized carbons (Fsp3) is 0.489. The number of carbonyl (C=O) groups is 3. The molecule has 13 nitrogen and oxygen atoms in total. The molecule has 1 aliphatic carbocycles. The van der Waals surface area contributed by atoms with E-state index in [-0.39, 0.29) is 45.5 Å². The summed E-state index contributed by atoms with van der Waals surface area (Å²) >= 11 is 5.62. The number of anilines is 1. The highest BCUT2D eigenvalue weighted by molar-refractivity contribution is 7.80. The normalized spacial score (nSPS) is 12.5. The molecular weight excluding hydrogens is 773 g/mol. The number of benzene rings is 3. The lowest BCUT2D eigenvalue weighted by Crippen LogP contribution is -2.51. The number of carbonyl (C=O) groups excluding carboxylic acids is 2. The molecule has 2 aromatic rings. The number of phenolic OH excluding ortho intramolecular Hbond substituents is 1. The number of nitrogens with one attached hydrogen (secondary N) is 4. The lowest BCUT2D eigenvalue weighted by Gasteiger charge is -2.27. The lowest BCUT2D eigenvalue weighted by molar-refractivity contribution is -0.128. The third-order valence-corrected chi connectivity index (χ3v) is 10.1. The quantitative estimate of drug-likeness (QED) is 0.0355. The third kappa shape index (κ3) is 14.3. The summed E-state index contributed by atoms with van der Waals surface area (Å²) < 4.78 is 18.0. The minimum absolute atomic E-state index is 0.00747. The molecule has 0 fully saturated rings. The maximum atomic E-state index is 13.6. The van der Waals surface area contributed by atoms with E-state index in [2.05, 4.69) is 49.0 Å². The van der Waals surface area contributed by atoms with Crippen LogP contribution in [-0.4, -0.2) is 76.7 Å². The zero-order chi connectivity index (χ0) is 43.5. The highest BCUT2D eigenvalue weighted by Gasteiger charge is 2.27. The Morgan fingerprint density at radius 1 is 0.814 bits per heavy atom. The van der Waals surface area contributed by atoms with Crippen LogP contribution >= 0.6 is 12.2 Å². The Bertz CT molecular complexity index is 2130. The molecule has 2 aromatic carbocycles. The van der Waals surface area contributed by atoms with E-state index < -0.39 is 29.1 Å². The summed E-state index contributed by atoms with van der Waals surface area (Å²) in [4.78, 5) is 51.9. The van der Waals surface area contributed by atoms with E-state index in [0.717, 1.165) is 12.8 Å². The first kappa shape index (κ1) is 46.6. The number of carboxylic acids is 1. The van der Waals surface area contributed by atoms with E-state index in [0.29, 0.717) is 78.7 Å². The molecule has 4 rings (SSSR count). The van der Waals surface area contributed by atoms with Crippen LogP contribution in [-0.2, 0) is 19.1 Å². The lowest BCUT2D eigenvalue weighted by atomic mass is 9.90. The fourth-order valence-corrected chi connectivity index (χ4v) is 6.62. The Morgan fingerprint density at radius 3 is 2.03 bits per heavy atom. The highest BCUT2D eigenvalue weighted by Crippen LogP contribution is 2.42. The van der Waals surface area contributed by atoms with Crippen molar-refractivity contribution in [3.63, 3.8) is 0 Å². The smallest absolute Gasteiger partial charge is 0.336 e. The Kier molecular flexibility index (Phi) is 16.4. The number of fused-ring (bicyclic) bond motifs is 2. The summed E-state index contributed by atoms with van der Waals surface area (Å²) in [6, 6.07) is 12.3. The van der Waals surface area contributed by atoms with Crippen molar-refractivity contribution in [2.75, 3.05) is 31.6 Å². The maximum absolute atomic E-state index is 13.6. The molecule has 2 amide bonds. The second kappa shape index (κ2) is 20.8. The van der Waals surface area contributed by atoms with Gasteiger partial charge in [-0.3, -0.25) is 14.4 Å². The van der Waals surface area contributed by atoms with Crippen molar-refractivity contribution in [1.82, 2.24) is 16.0 Å². The number of phenols is 1. The highest BCUT2D eigenvalue weighted by atomic mass is 32.1. The average molecular weight is 833 g/mol. The number of ether oxygens (including phenoxy) is 2. The van der Waals surface area contributed by atoms with Crippen LogP contribution in [0.15, 0.2) is 63.8 Å². The molecule has 0 aromatic heterocycles. The van der Waals surface area contributed by atoms with Crippen LogP contribution in [0.25, 0.3) is 33.4 Å². The van der Waals surface area contributed by atoms with Gasteiger partial charge in [-0.05, 0) is 119 Å². The predicted molar refractivity (Wildman–Crippen MR) is 235 cm³/mol. The van der Waals surface area contributed by atoms with Crippen molar-refractivity contribution >= 4 is 51.8 Å². The molecule has 1 heterocycles. The van der Waals surface area contributed by atoms with Gasteiger partial charge in [-0.2, -0.15) is 0 Å². The minimum Gasteiger partial charge on any atom is -0.508 e. The number of carboxylic acid groups (broad SMARTS) is 1. The maximum Gasteiger partial charge on any atom is 0.336 e. The molecule has 2 aliphatic rings. The van der Waals surface area contributed by atoms with Crippen molar-refractivity contribution in [2.45, 2.75) is 105 Å². The third-order valence-electron chi connectivity index (χ3n) is 9.92. The number of hydrogen-bond donors (Lipinski definition) is 6. The van der Waals surface area contributed by atoms with Gasteiger partial charge in [0.15, 0.2) is 10.5 Å². The van der Waals surface area contributed by atoms with Gasteiger partial charge in [0.2, 0.25) is 11.8 Å². The van der Waals surface area contributed by atoms with Gasteiger partial charge in [0, 0.05) is 60.6 Å². The summed E-state index contributed by atoms with van der Waals surface area (Å²) in [5, 5.41) is 32.9. The first-order valence-corrected chi connectivity index (χ1v) is 20.6. The Labute approximate surface area is 352 Å². The Hall–Kier alpha value is -5.05. The molecule has 1 atom stereocenters. The van der Waals surface area contributed by atoms with Crippen LogP contribution < -0.4 is 26.7 Å². The summed E-state index contributed by atoms with van der Waals surface area (Å²) in [5.74, 6) is -0.852. The van der Waals surface area contributed by atoms with Crippen LogP contribution in [0, 0.1) is 11.8 Å². The molecule has 0 saturated carbocycles. The fourth-order valence-electron chi connectivity index (χ4n) is 6.36. The topological polar surface area (TPSA) is 188 Å². The molecule has 0 spiro atoms. The monoisotopic (exact) mass is 832 g/mol. The molecule has 1 aliphatic heterocycles. The molecule has 0 bridgehead atoms. The SMILES string of the molecule is CC(C)CCOC(C)(C)CCNC(=O)CC(NC(=S)Nc1ccc(-c2c3ccc(=O)cc-3oc3cc(O)ccc23)c(C(=O)O)c1)C(=O)NCCC(C)(C)OCCC(C)C. The van der Waals surface area contributed by atoms with Gasteiger partial charge in [-0.25, -0.2) is 4.79 Å². The van der Waals surface area contributed by atoms with Crippen molar-refractivity contribution in [3.05, 3.63) is 70.4 Å². The standard InChI is InChI=1S/C45H60N4O9S/c1-27(2)15-21-56-44(5,6)17-19-46-39(52)26-36(41(53)47-20-18-45(7,8)57-22-16-28(3)4)49-43(59)48-29-9-12-32(35(23-29)42(54)55)40-33-13-10-30(50)24-37(33)58-38-25-31(51)11-14-34(38)40/h9-14,23-25,27-28,36,50H,15-22,26H2,1-8H3,(H,46,52)(H,47,53)(H,54,55)(H2,48,49,59). The van der Waals surface area contributed by atoms with Crippen molar-refractivity contribution in [2.24, 2.45) is 11.8 Å². The zero-order valence-electron chi connectivity index (χ0n) is 35.5. The van der Waals surface area contributed by atoms with Crippen LogP contribution in [0.2, 0.25) is 0 Å². The van der Waals surface area contributed by atoms with E-state index in [1.807, 2.05) is 27.7 Å². The molecule has 59 heavy (non-hydrogen) atoms. The largest absolute Gasteiger partial charge is 0.508 e. The van der Waals surface area contributed by atoms with Gasteiger partial charge in [0.1, 0.15) is 23.1 Å². The van der Waals surface area contributed by atoms with Crippen LogP contribution in [0.4, 0.5) is 5.69 Å². The number of thiocarbonyl (C=S) groups is 1. The van der Waals surface area contributed by atoms with E-state index in [9.17, 15) is 29.4 Å². The number of aromatic carboxylic acids is 1. The summed E-state index contributed by atoms with van der Waals surface area (Å²) in [6.45, 7) is 18.3. The van der Waals surface area contributed by atoms with Gasteiger partial charge < -0.3 is 45.4 Å². The molecule has 1 unspecified atom stereocenters. The Morgan fingerprint density at radius 2 is 1.42 bits per heavy atom. The summed E-state index contributed by atoms with van der Waals surface area (Å²) in [6.07, 6.45) is 2.73. The summed E-state index contributed by atoms with van der Waals surface area (Å²) in [5.41, 5.74) is 0.579. The van der Waals surface area contributed by atoms with Gasteiger partial charge in [-0.1, -0.05) is 33.8 Å². The van der Waals surface area contributed by atoms with E-state index >= 15 is 0 Å². The first-order valence-electron chi connectivity index (χ1n) is 20.2. The average Bonchev–Trinajstić information content (AvgIpc) is 3.12. The van der Waals surface area contributed by atoms with Gasteiger partial charge >= 0.3 is 5.97 Å². The number of amides is 2. The Balaban J connectivity index is 1.52. The number of hydrogen-bond acceptors (Lipinski definition) is 9. The van der Waals surface area contributed by atoms with E-state index in [1.54, 1.807) is 24.3 Å². The number of rotatable bonds is 21. The first-order chi connectivity index (χ1) is 27.7. The molecule has 14 heteroatoms. The zero-order valence-corrected chi connectivity index (χ0v) is 36.3. The van der Waals surface area contributed by atoms with Crippen LogP contribution in [0.3, 0.4) is 0 Å². The van der Waals surface area contributed by atoms with Gasteiger partial charge in [-0.15, -0.1) is 0 Å². The summed E-state index contributed by atoms with van der Waals surface area (Å²) in [7, 11) is 0. The molecular formula is C45H60N4O9S. The van der Waals surface area contributed by atoms with Crippen LogP contribution in [0.1, 0.15) is 97.9 Å². The minimum atomic E-state index is -1.23. The molecule has 320 valence electrons.